The zero-order valence-electron chi connectivity index (χ0n) is 8.01. The second kappa shape index (κ2) is 2.71. The van der Waals surface area contributed by atoms with Crippen LogP contribution in [-0.2, 0) is 6.42 Å². The Bertz CT molecular complexity index is 538. The minimum Gasteiger partial charge on any atom is -0.312 e. The lowest BCUT2D eigenvalue weighted by molar-refractivity contribution is 0.426. The molecule has 0 spiro atoms. The lowest BCUT2D eigenvalue weighted by Crippen LogP contribution is -2.19. The molecule has 15 heavy (non-hydrogen) atoms. The number of nitrogens with zero attached hydrogens (tertiary/aromatic N) is 4. The molecule has 1 aliphatic carbocycles. The summed E-state index contributed by atoms with van der Waals surface area (Å²) in [5.74, 6) is 1.43. The normalized spacial score (nSPS) is 25.7. The molecule has 0 amide bonds. The summed E-state index contributed by atoms with van der Waals surface area (Å²) in [6.45, 7) is 0. The fourth-order valence-corrected chi connectivity index (χ4v) is 2.50. The Kier molecular flexibility index (Phi) is 1.49. The highest BCUT2D eigenvalue weighted by Crippen LogP contribution is 2.37. The van der Waals surface area contributed by atoms with Crippen molar-refractivity contribution in [1.82, 2.24) is 9.55 Å². The van der Waals surface area contributed by atoms with E-state index in [4.69, 9.17) is 10.5 Å². The van der Waals surface area contributed by atoms with Crippen molar-refractivity contribution >= 4 is 0 Å². The van der Waals surface area contributed by atoms with Crippen LogP contribution in [0.2, 0.25) is 0 Å². The van der Waals surface area contributed by atoms with Crippen molar-refractivity contribution in [1.29, 1.82) is 10.5 Å². The monoisotopic (exact) mass is 196 g/mol. The van der Waals surface area contributed by atoms with Crippen molar-refractivity contribution in [3.63, 3.8) is 0 Å². The molecule has 2 aliphatic rings. The Balaban J connectivity index is 2.25. The number of imidazole rings is 1. The Morgan fingerprint density at radius 1 is 1.33 bits per heavy atom. The van der Waals surface area contributed by atoms with Gasteiger partial charge in [-0.25, -0.2) is 4.98 Å². The predicted octanol–water partition coefficient (Wildman–Crippen LogP) is 1.30. The molecule has 0 saturated carbocycles. The average molecular weight is 196 g/mol. The highest BCUT2D eigenvalue weighted by molar-refractivity contribution is 5.40. The zero-order chi connectivity index (χ0) is 10.4. The van der Waals surface area contributed by atoms with E-state index >= 15 is 0 Å². The van der Waals surface area contributed by atoms with Gasteiger partial charge in [0.15, 0.2) is 11.4 Å². The molecule has 0 aromatic carbocycles. The Morgan fingerprint density at radius 3 is 2.93 bits per heavy atom. The van der Waals surface area contributed by atoms with Crippen LogP contribution in [-0.4, -0.2) is 9.55 Å². The van der Waals surface area contributed by atoms with Gasteiger partial charge in [-0.2, -0.15) is 10.5 Å². The van der Waals surface area contributed by atoms with E-state index in [0.717, 1.165) is 18.7 Å². The fraction of sp³-hybridized carbons (Fsp3) is 0.364. The number of hydrogen-bond donors (Lipinski definition) is 0. The molecule has 3 rings (SSSR count). The zero-order valence-corrected chi connectivity index (χ0v) is 8.01. The summed E-state index contributed by atoms with van der Waals surface area (Å²) in [7, 11) is 0. The van der Waals surface area contributed by atoms with Crippen molar-refractivity contribution in [3.05, 3.63) is 29.4 Å². The second-order valence-electron chi connectivity index (χ2n) is 3.97. The number of rotatable bonds is 0. The smallest absolute Gasteiger partial charge is 0.177 e. The molecular formula is C11H8N4. The van der Waals surface area contributed by atoms with Gasteiger partial charge in [-0.05, 0) is 12.3 Å². The molecule has 72 valence electrons. The lowest BCUT2D eigenvalue weighted by atomic mass is 10.00. The standard InChI is InChI=1S/C11H8N4/c12-5-9-10(6-13)15-8-2-1-7(3-8)4-11(15)14-9/h1-2,7-8H,3-4H2. The summed E-state index contributed by atoms with van der Waals surface area (Å²) < 4.78 is 1.92. The first-order chi connectivity index (χ1) is 7.33. The number of fused-ring (bicyclic) bond motifs is 4. The molecule has 1 aromatic rings. The van der Waals surface area contributed by atoms with Crippen LogP contribution in [0.15, 0.2) is 12.2 Å². The molecule has 2 heterocycles. The number of aromatic nitrogens is 2. The molecule has 2 unspecified atom stereocenters. The van der Waals surface area contributed by atoms with Crippen LogP contribution in [0, 0.1) is 28.6 Å². The summed E-state index contributed by atoms with van der Waals surface area (Å²) in [5.41, 5.74) is 0.691. The van der Waals surface area contributed by atoms with Crippen molar-refractivity contribution in [2.75, 3.05) is 0 Å². The van der Waals surface area contributed by atoms with Crippen LogP contribution in [0.5, 0.6) is 0 Å². The van der Waals surface area contributed by atoms with Gasteiger partial charge in [-0.3, -0.25) is 0 Å². The maximum atomic E-state index is 9.04. The fourth-order valence-electron chi connectivity index (χ4n) is 2.50. The summed E-state index contributed by atoms with van der Waals surface area (Å²) in [4.78, 5) is 4.22. The third kappa shape index (κ3) is 0.964. The first-order valence-corrected chi connectivity index (χ1v) is 4.93. The van der Waals surface area contributed by atoms with Gasteiger partial charge in [-0.15, -0.1) is 0 Å². The van der Waals surface area contributed by atoms with E-state index in [1.54, 1.807) is 0 Å². The van der Waals surface area contributed by atoms with E-state index in [1.807, 2.05) is 10.6 Å². The predicted molar refractivity (Wildman–Crippen MR) is 51.6 cm³/mol. The van der Waals surface area contributed by atoms with Gasteiger partial charge in [0.05, 0.1) is 6.04 Å². The van der Waals surface area contributed by atoms with E-state index in [1.165, 1.54) is 0 Å². The van der Waals surface area contributed by atoms with Gasteiger partial charge >= 0.3 is 0 Å². The van der Waals surface area contributed by atoms with Crippen LogP contribution < -0.4 is 0 Å². The van der Waals surface area contributed by atoms with Crippen LogP contribution in [0.25, 0.3) is 0 Å². The molecule has 2 bridgehead atoms. The van der Waals surface area contributed by atoms with Crippen molar-refractivity contribution in [2.24, 2.45) is 5.92 Å². The third-order valence-corrected chi connectivity index (χ3v) is 3.12. The summed E-state index contributed by atoms with van der Waals surface area (Å²) in [6.07, 6.45) is 6.20. The first kappa shape index (κ1) is 8.26. The Hall–Kier alpha value is -2.07. The highest BCUT2D eigenvalue weighted by atomic mass is 15.1. The van der Waals surface area contributed by atoms with E-state index in [-0.39, 0.29) is 11.7 Å². The van der Waals surface area contributed by atoms with Crippen LogP contribution in [0.1, 0.15) is 29.7 Å². The summed E-state index contributed by atoms with van der Waals surface area (Å²) in [5, 5.41) is 17.9. The average Bonchev–Trinajstić information content (AvgIpc) is 2.80. The third-order valence-electron chi connectivity index (χ3n) is 3.12. The number of allylic oxidation sites excluding steroid dienone is 2. The van der Waals surface area contributed by atoms with Crippen molar-refractivity contribution in [3.8, 4) is 12.1 Å². The van der Waals surface area contributed by atoms with Gasteiger partial charge < -0.3 is 4.57 Å². The number of hydrogen-bond acceptors (Lipinski definition) is 3. The van der Waals surface area contributed by atoms with Gasteiger partial charge in [0.1, 0.15) is 18.0 Å². The van der Waals surface area contributed by atoms with Gasteiger partial charge in [-0.1, -0.05) is 12.2 Å². The highest BCUT2D eigenvalue weighted by Gasteiger charge is 2.32. The van der Waals surface area contributed by atoms with Gasteiger partial charge in [0.2, 0.25) is 0 Å². The molecule has 0 radical (unpaired) electrons. The maximum absolute atomic E-state index is 9.04. The quantitative estimate of drug-likeness (QED) is 0.587. The Labute approximate surface area is 87.1 Å². The van der Waals surface area contributed by atoms with E-state index < -0.39 is 0 Å². The van der Waals surface area contributed by atoms with Crippen LogP contribution in [0.3, 0.4) is 0 Å². The van der Waals surface area contributed by atoms with Crippen LogP contribution >= 0.6 is 0 Å². The summed E-state index contributed by atoms with van der Waals surface area (Å²) in [6, 6.07) is 4.31. The van der Waals surface area contributed by atoms with E-state index in [9.17, 15) is 0 Å². The van der Waals surface area contributed by atoms with E-state index in [0.29, 0.717) is 11.6 Å². The van der Waals surface area contributed by atoms with E-state index in [2.05, 4.69) is 23.2 Å². The molecule has 4 nitrogen and oxygen atoms in total. The van der Waals surface area contributed by atoms with Gasteiger partial charge in [0.25, 0.3) is 0 Å². The molecule has 0 saturated heterocycles. The molecule has 2 atom stereocenters. The maximum Gasteiger partial charge on any atom is 0.177 e. The largest absolute Gasteiger partial charge is 0.312 e. The molecule has 1 aromatic heterocycles. The summed E-state index contributed by atoms with van der Waals surface area (Å²) >= 11 is 0. The topological polar surface area (TPSA) is 65.4 Å². The second-order valence-corrected chi connectivity index (χ2v) is 3.97. The number of nitriles is 2. The molecule has 1 aliphatic heterocycles. The first-order valence-electron chi connectivity index (χ1n) is 4.93. The molecule has 0 N–H and O–H groups in total. The molecular weight excluding hydrogens is 188 g/mol. The Morgan fingerprint density at radius 2 is 2.20 bits per heavy atom. The van der Waals surface area contributed by atoms with Gasteiger partial charge in [0, 0.05) is 6.42 Å². The molecule has 0 fully saturated rings. The van der Waals surface area contributed by atoms with Crippen molar-refractivity contribution < 1.29 is 0 Å². The minimum absolute atomic E-state index is 0.239. The lowest BCUT2D eigenvalue weighted by Gasteiger charge is -2.22. The van der Waals surface area contributed by atoms with Crippen LogP contribution in [0.4, 0.5) is 0 Å². The SMILES string of the molecule is N#Cc1nc2n(c1C#N)C1C=CC(C2)C1. The molecule has 4 heteroatoms. The minimum atomic E-state index is 0.239. The van der Waals surface area contributed by atoms with Crippen molar-refractivity contribution in [2.45, 2.75) is 18.9 Å².